The summed E-state index contributed by atoms with van der Waals surface area (Å²) in [5.74, 6) is 0. The van der Waals surface area contributed by atoms with E-state index in [0.717, 1.165) is 12.0 Å². The molecule has 1 fully saturated rings. The summed E-state index contributed by atoms with van der Waals surface area (Å²) in [5.41, 5.74) is 1.12. The lowest BCUT2D eigenvalue weighted by Gasteiger charge is -1.89. The van der Waals surface area contributed by atoms with E-state index < -0.39 is 0 Å². The second-order valence-corrected chi connectivity index (χ2v) is 2.56. The molecule has 0 spiro atoms. The fourth-order valence-electron chi connectivity index (χ4n) is 0.863. The van der Waals surface area contributed by atoms with Crippen molar-refractivity contribution in [2.75, 3.05) is 6.61 Å². The Balaban J connectivity index is 2.12. The van der Waals surface area contributed by atoms with Crippen LogP contribution in [0.25, 0.3) is 0 Å². The van der Waals surface area contributed by atoms with Gasteiger partial charge < -0.3 is 9.84 Å². The van der Waals surface area contributed by atoms with Crippen LogP contribution in [0.3, 0.4) is 0 Å². The molecule has 2 atom stereocenters. The van der Waals surface area contributed by atoms with E-state index in [1.165, 1.54) is 0 Å². The molecular weight excluding hydrogens is 116 g/mol. The normalized spacial score (nSPS) is 32.2. The van der Waals surface area contributed by atoms with Crippen molar-refractivity contribution in [2.45, 2.75) is 25.6 Å². The van der Waals surface area contributed by atoms with Gasteiger partial charge in [-0.05, 0) is 13.3 Å². The van der Waals surface area contributed by atoms with Gasteiger partial charge in [-0.25, -0.2) is 0 Å². The van der Waals surface area contributed by atoms with Crippen molar-refractivity contribution in [2.24, 2.45) is 0 Å². The van der Waals surface area contributed by atoms with Crippen LogP contribution < -0.4 is 0 Å². The van der Waals surface area contributed by atoms with E-state index in [0.29, 0.717) is 0 Å². The predicted octanol–water partition coefficient (Wildman–Crippen LogP) is 0.712. The van der Waals surface area contributed by atoms with Crippen LogP contribution in [-0.2, 0) is 4.74 Å². The van der Waals surface area contributed by atoms with Crippen molar-refractivity contribution >= 4 is 0 Å². The molecule has 2 heteroatoms. The van der Waals surface area contributed by atoms with Crippen LogP contribution in [-0.4, -0.2) is 23.9 Å². The van der Waals surface area contributed by atoms with E-state index in [9.17, 15) is 0 Å². The first-order valence-electron chi connectivity index (χ1n) is 3.14. The third-order valence-electron chi connectivity index (χ3n) is 1.42. The van der Waals surface area contributed by atoms with Crippen molar-refractivity contribution in [1.29, 1.82) is 0 Å². The van der Waals surface area contributed by atoms with Crippen molar-refractivity contribution in [3.05, 3.63) is 12.2 Å². The third-order valence-corrected chi connectivity index (χ3v) is 1.42. The molecule has 0 radical (unpaired) electrons. The Hall–Kier alpha value is -0.340. The maximum Gasteiger partial charge on any atom is 0.107 e. The minimum Gasteiger partial charge on any atom is -0.394 e. The number of ether oxygens (including phenoxy) is 1. The van der Waals surface area contributed by atoms with Crippen LogP contribution in [0.15, 0.2) is 12.2 Å². The van der Waals surface area contributed by atoms with Crippen LogP contribution in [0.4, 0.5) is 0 Å². The molecule has 1 saturated heterocycles. The molecule has 0 aromatic rings. The van der Waals surface area contributed by atoms with Gasteiger partial charge in [0.25, 0.3) is 0 Å². The van der Waals surface area contributed by atoms with Crippen molar-refractivity contribution < 1.29 is 9.84 Å². The fraction of sp³-hybridized carbons (Fsp3) is 0.714. The highest BCUT2D eigenvalue weighted by atomic mass is 16.6. The van der Waals surface area contributed by atoms with E-state index in [4.69, 9.17) is 9.84 Å². The monoisotopic (exact) mass is 128 g/mol. The molecule has 0 aromatic carbocycles. The molecule has 0 unspecified atom stereocenters. The lowest BCUT2D eigenvalue weighted by molar-refractivity contribution is 0.242. The summed E-state index contributed by atoms with van der Waals surface area (Å²) in [5, 5.41) is 8.53. The first-order chi connectivity index (χ1) is 4.24. The first-order valence-corrected chi connectivity index (χ1v) is 3.14. The molecule has 0 saturated carbocycles. The minimum atomic E-state index is 0.0988. The lowest BCUT2D eigenvalue weighted by atomic mass is 10.1. The molecule has 1 aliphatic heterocycles. The fourth-order valence-corrected chi connectivity index (χ4v) is 0.863. The van der Waals surface area contributed by atoms with Gasteiger partial charge in [0.1, 0.15) is 6.10 Å². The molecule has 1 heterocycles. The highest BCUT2D eigenvalue weighted by Crippen LogP contribution is 2.26. The number of aliphatic hydroxyl groups excluding tert-OH is 1. The van der Waals surface area contributed by atoms with Crippen molar-refractivity contribution in [3.8, 4) is 0 Å². The molecule has 0 aromatic heterocycles. The maximum atomic E-state index is 8.53. The average Bonchev–Trinajstić information content (AvgIpc) is 2.45. The topological polar surface area (TPSA) is 32.8 Å². The van der Waals surface area contributed by atoms with Gasteiger partial charge in [-0.1, -0.05) is 5.57 Å². The van der Waals surface area contributed by atoms with Gasteiger partial charge in [0.15, 0.2) is 0 Å². The van der Waals surface area contributed by atoms with E-state index in [-0.39, 0.29) is 18.8 Å². The molecular formula is C7H12O2. The molecule has 2 nitrogen and oxygen atoms in total. The summed E-state index contributed by atoms with van der Waals surface area (Å²) in [6.45, 7) is 5.86. The molecule has 0 bridgehead atoms. The zero-order chi connectivity index (χ0) is 6.85. The Labute approximate surface area is 55.1 Å². The average molecular weight is 128 g/mol. The number of hydrogen-bond donors (Lipinski definition) is 1. The van der Waals surface area contributed by atoms with Crippen LogP contribution >= 0.6 is 0 Å². The van der Waals surface area contributed by atoms with E-state index in [2.05, 4.69) is 6.58 Å². The summed E-state index contributed by atoms with van der Waals surface area (Å²) in [6, 6.07) is 0. The minimum absolute atomic E-state index is 0.0988. The molecule has 0 amide bonds. The number of aliphatic hydroxyl groups is 1. The smallest absolute Gasteiger partial charge is 0.107 e. The maximum absolute atomic E-state index is 8.53. The van der Waals surface area contributed by atoms with Crippen LogP contribution in [0, 0.1) is 0 Å². The summed E-state index contributed by atoms with van der Waals surface area (Å²) in [4.78, 5) is 0. The van der Waals surface area contributed by atoms with E-state index in [1.54, 1.807) is 0 Å². The zero-order valence-corrected chi connectivity index (χ0v) is 5.63. The van der Waals surface area contributed by atoms with Gasteiger partial charge >= 0.3 is 0 Å². The van der Waals surface area contributed by atoms with Gasteiger partial charge in [0.2, 0.25) is 0 Å². The van der Waals surface area contributed by atoms with Crippen LogP contribution in [0.1, 0.15) is 13.3 Å². The summed E-state index contributed by atoms with van der Waals surface area (Å²) >= 11 is 0. The van der Waals surface area contributed by atoms with Gasteiger partial charge in [0.05, 0.1) is 12.7 Å². The molecule has 9 heavy (non-hydrogen) atoms. The Morgan fingerprint density at radius 3 is 2.67 bits per heavy atom. The number of rotatable bonds is 3. The van der Waals surface area contributed by atoms with Crippen LogP contribution in [0.2, 0.25) is 0 Å². The largest absolute Gasteiger partial charge is 0.394 e. The Bertz CT molecular complexity index is 120. The molecule has 1 aliphatic rings. The van der Waals surface area contributed by atoms with E-state index >= 15 is 0 Å². The van der Waals surface area contributed by atoms with Crippen molar-refractivity contribution in [1.82, 2.24) is 0 Å². The Morgan fingerprint density at radius 1 is 1.67 bits per heavy atom. The standard InChI is InChI=1S/C7H12O2/c1-5(2)3-6-7(4-8)9-6/h6-8H,1,3-4H2,2H3/t6-,7-/m0/s1. The second-order valence-electron chi connectivity index (χ2n) is 2.56. The highest BCUT2D eigenvalue weighted by molar-refractivity contribution is 4.98. The first kappa shape index (κ1) is 6.78. The quantitative estimate of drug-likeness (QED) is 0.448. The number of epoxide rings is 1. The third kappa shape index (κ3) is 1.80. The van der Waals surface area contributed by atoms with Gasteiger partial charge in [-0.2, -0.15) is 0 Å². The summed E-state index contributed by atoms with van der Waals surface area (Å²) < 4.78 is 5.07. The van der Waals surface area contributed by atoms with Gasteiger partial charge in [-0.3, -0.25) is 0 Å². The zero-order valence-electron chi connectivity index (χ0n) is 5.63. The van der Waals surface area contributed by atoms with Crippen LogP contribution in [0.5, 0.6) is 0 Å². The predicted molar refractivity (Wildman–Crippen MR) is 35.2 cm³/mol. The number of hydrogen-bond acceptors (Lipinski definition) is 2. The Morgan fingerprint density at radius 2 is 2.33 bits per heavy atom. The van der Waals surface area contributed by atoms with Gasteiger partial charge in [-0.15, -0.1) is 6.58 Å². The highest BCUT2D eigenvalue weighted by Gasteiger charge is 2.37. The van der Waals surface area contributed by atoms with Gasteiger partial charge in [0, 0.05) is 0 Å². The van der Waals surface area contributed by atoms with Crippen molar-refractivity contribution in [3.63, 3.8) is 0 Å². The molecule has 1 N–H and O–H groups in total. The lowest BCUT2D eigenvalue weighted by Crippen LogP contribution is -1.98. The van der Waals surface area contributed by atoms with E-state index in [1.807, 2.05) is 6.92 Å². The second kappa shape index (κ2) is 2.50. The Kier molecular flexibility index (Phi) is 1.88. The molecule has 52 valence electrons. The summed E-state index contributed by atoms with van der Waals surface area (Å²) in [7, 11) is 0. The molecule has 1 rings (SSSR count). The molecule has 0 aliphatic carbocycles. The summed E-state index contributed by atoms with van der Waals surface area (Å²) in [6.07, 6.45) is 1.25. The SMILES string of the molecule is C=C(C)C[C@@H]1O[C@H]1CO.